The summed E-state index contributed by atoms with van der Waals surface area (Å²) in [5.74, 6) is -0.267. The van der Waals surface area contributed by atoms with E-state index < -0.39 is 12.1 Å². The molecule has 1 N–H and O–H groups in total. The van der Waals surface area contributed by atoms with Gasteiger partial charge in [0, 0.05) is 11.8 Å². The minimum absolute atomic E-state index is 0.377. The Morgan fingerprint density at radius 2 is 1.88 bits per heavy atom. The quantitative estimate of drug-likeness (QED) is 0.607. The molecule has 0 saturated heterocycles. The van der Waals surface area contributed by atoms with Gasteiger partial charge >= 0.3 is 5.97 Å². The average Bonchev–Trinajstić information content (AvgIpc) is 2.67. The number of esters is 1. The van der Waals surface area contributed by atoms with Crippen LogP contribution in [0.15, 0.2) is 54.6 Å². The van der Waals surface area contributed by atoms with E-state index in [0.29, 0.717) is 11.4 Å². The van der Waals surface area contributed by atoms with Crippen LogP contribution in [0.2, 0.25) is 0 Å². The molecule has 0 aliphatic heterocycles. The van der Waals surface area contributed by atoms with E-state index in [9.17, 15) is 9.59 Å². The third-order valence-electron chi connectivity index (χ3n) is 3.80. The lowest BCUT2D eigenvalue weighted by molar-refractivity contribution is -0.148. The van der Waals surface area contributed by atoms with Gasteiger partial charge in [-0.3, -0.25) is 4.79 Å². The number of ether oxygens (including phenoxy) is 2. The maximum atomic E-state index is 12.1. The third kappa shape index (κ3) is 5.77. The summed E-state index contributed by atoms with van der Waals surface area (Å²) < 4.78 is 10.3. The van der Waals surface area contributed by atoms with Crippen LogP contribution in [0.4, 0.5) is 5.69 Å². The van der Waals surface area contributed by atoms with Gasteiger partial charge in [0.25, 0.3) is 5.91 Å². The summed E-state index contributed by atoms with van der Waals surface area (Å²) >= 11 is 0. The highest BCUT2D eigenvalue weighted by Crippen LogP contribution is 2.14. The van der Waals surface area contributed by atoms with Gasteiger partial charge in [-0.05, 0) is 54.8 Å². The molecule has 0 bridgehead atoms. The van der Waals surface area contributed by atoms with Crippen molar-refractivity contribution in [2.75, 3.05) is 12.4 Å². The number of rotatable bonds is 7. The molecule has 0 aromatic heterocycles. The molecule has 26 heavy (non-hydrogen) atoms. The zero-order valence-corrected chi connectivity index (χ0v) is 15.2. The molecule has 1 atom stereocenters. The fraction of sp³-hybridized carbons (Fsp3) is 0.238. The van der Waals surface area contributed by atoms with Crippen LogP contribution in [0.1, 0.15) is 25.0 Å². The molecule has 5 nitrogen and oxygen atoms in total. The Bertz CT molecular complexity index is 781. The van der Waals surface area contributed by atoms with Crippen molar-refractivity contribution in [2.45, 2.75) is 26.4 Å². The number of nitrogens with one attached hydrogen (secondary N) is 1. The van der Waals surface area contributed by atoms with Crippen molar-refractivity contribution < 1.29 is 19.1 Å². The molecule has 0 heterocycles. The zero-order chi connectivity index (χ0) is 18.9. The van der Waals surface area contributed by atoms with E-state index in [-0.39, 0.29) is 5.91 Å². The molecule has 5 heteroatoms. The van der Waals surface area contributed by atoms with Crippen molar-refractivity contribution in [3.8, 4) is 5.75 Å². The van der Waals surface area contributed by atoms with Gasteiger partial charge in [0.05, 0.1) is 7.11 Å². The van der Waals surface area contributed by atoms with Crippen LogP contribution < -0.4 is 10.1 Å². The Morgan fingerprint density at radius 1 is 1.15 bits per heavy atom. The Morgan fingerprint density at radius 3 is 2.54 bits per heavy atom. The maximum absolute atomic E-state index is 12.1. The van der Waals surface area contributed by atoms with E-state index in [1.54, 1.807) is 19.3 Å². The van der Waals surface area contributed by atoms with Gasteiger partial charge in [-0.2, -0.15) is 0 Å². The van der Waals surface area contributed by atoms with Gasteiger partial charge < -0.3 is 14.8 Å². The molecular weight excluding hydrogens is 330 g/mol. The minimum atomic E-state index is -0.900. The smallest absolute Gasteiger partial charge is 0.331 e. The molecule has 0 aliphatic rings. The average molecular weight is 353 g/mol. The monoisotopic (exact) mass is 353 g/mol. The molecule has 0 unspecified atom stereocenters. The number of aryl methyl sites for hydroxylation is 1. The van der Waals surface area contributed by atoms with Crippen LogP contribution in [-0.4, -0.2) is 25.1 Å². The number of hydrogen-bond donors (Lipinski definition) is 1. The third-order valence-corrected chi connectivity index (χ3v) is 3.80. The molecule has 2 rings (SSSR count). The number of amides is 1. The molecular formula is C21H23NO4. The lowest BCUT2D eigenvalue weighted by Crippen LogP contribution is -2.29. The number of carbonyl (C=O) groups is 2. The van der Waals surface area contributed by atoms with Crippen molar-refractivity contribution in [3.63, 3.8) is 0 Å². The van der Waals surface area contributed by atoms with Crippen LogP contribution >= 0.6 is 0 Å². The molecule has 136 valence electrons. The molecule has 1 amide bonds. The van der Waals surface area contributed by atoms with Crippen LogP contribution in [-0.2, 0) is 20.7 Å². The predicted octanol–water partition coefficient (Wildman–Crippen LogP) is 3.84. The van der Waals surface area contributed by atoms with Crippen LogP contribution in [0.3, 0.4) is 0 Å². The van der Waals surface area contributed by atoms with Gasteiger partial charge in [0.1, 0.15) is 5.75 Å². The Labute approximate surface area is 153 Å². The zero-order valence-electron chi connectivity index (χ0n) is 15.2. The Hall–Kier alpha value is -3.08. The molecule has 0 radical (unpaired) electrons. The number of hydrogen-bond acceptors (Lipinski definition) is 4. The SMILES string of the molecule is CCc1ccc(NC(=O)[C@H](C)OC(=O)/C=C/c2cccc(OC)c2)cc1. The summed E-state index contributed by atoms with van der Waals surface area (Å²) in [5.41, 5.74) is 2.65. The lowest BCUT2D eigenvalue weighted by atomic mass is 10.1. The summed E-state index contributed by atoms with van der Waals surface area (Å²) in [5, 5.41) is 2.73. The molecule has 0 spiro atoms. The first-order valence-electron chi connectivity index (χ1n) is 8.44. The van der Waals surface area contributed by atoms with Gasteiger partial charge in [-0.15, -0.1) is 0 Å². The van der Waals surface area contributed by atoms with E-state index in [4.69, 9.17) is 9.47 Å². The molecule has 2 aromatic carbocycles. The largest absolute Gasteiger partial charge is 0.497 e. The van der Waals surface area contributed by atoms with Gasteiger partial charge in [-0.25, -0.2) is 4.79 Å². The Kier molecular flexibility index (Phi) is 6.97. The molecule has 0 aliphatic carbocycles. The van der Waals surface area contributed by atoms with Crippen molar-refractivity contribution in [1.82, 2.24) is 0 Å². The molecule has 0 saturated carbocycles. The first kappa shape index (κ1) is 19.2. The fourth-order valence-corrected chi connectivity index (χ4v) is 2.24. The highest BCUT2D eigenvalue weighted by molar-refractivity contribution is 5.96. The minimum Gasteiger partial charge on any atom is -0.497 e. The van der Waals surface area contributed by atoms with Gasteiger partial charge in [0.2, 0.25) is 0 Å². The second-order valence-electron chi connectivity index (χ2n) is 5.73. The number of carbonyl (C=O) groups excluding carboxylic acids is 2. The van der Waals surface area contributed by atoms with E-state index in [2.05, 4.69) is 12.2 Å². The van der Waals surface area contributed by atoms with Gasteiger partial charge in [-0.1, -0.05) is 31.2 Å². The molecule has 2 aromatic rings. The Balaban J connectivity index is 1.88. The van der Waals surface area contributed by atoms with Crippen LogP contribution in [0.5, 0.6) is 5.75 Å². The number of benzene rings is 2. The number of methoxy groups -OCH3 is 1. The topological polar surface area (TPSA) is 64.6 Å². The van der Waals surface area contributed by atoms with E-state index in [1.807, 2.05) is 42.5 Å². The second kappa shape index (κ2) is 9.42. The fourth-order valence-electron chi connectivity index (χ4n) is 2.24. The van der Waals surface area contributed by atoms with Crippen LogP contribution in [0.25, 0.3) is 6.08 Å². The summed E-state index contributed by atoms with van der Waals surface area (Å²) in [6, 6.07) is 14.8. The lowest BCUT2D eigenvalue weighted by Gasteiger charge is -2.12. The first-order chi connectivity index (χ1) is 12.5. The first-order valence-corrected chi connectivity index (χ1v) is 8.44. The maximum Gasteiger partial charge on any atom is 0.331 e. The van der Waals surface area contributed by atoms with Gasteiger partial charge in [0.15, 0.2) is 6.10 Å². The summed E-state index contributed by atoms with van der Waals surface area (Å²) in [6.07, 6.45) is 2.93. The van der Waals surface area contributed by atoms with Crippen LogP contribution in [0, 0.1) is 0 Å². The highest BCUT2D eigenvalue weighted by atomic mass is 16.5. The van der Waals surface area contributed by atoms with E-state index >= 15 is 0 Å². The molecule has 0 fully saturated rings. The summed E-state index contributed by atoms with van der Waals surface area (Å²) in [4.78, 5) is 24.0. The second-order valence-corrected chi connectivity index (χ2v) is 5.73. The van der Waals surface area contributed by atoms with Crippen molar-refractivity contribution >= 4 is 23.6 Å². The van der Waals surface area contributed by atoms with Crippen molar-refractivity contribution in [2.24, 2.45) is 0 Å². The van der Waals surface area contributed by atoms with E-state index in [1.165, 1.54) is 18.6 Å². The number of anilines is 1. The summed E-state index contributed by atoms with van der Waals surface area (Å²) in [7, 11) is 1.58. The normalized spacial score (nSPS) is 11.8. The van der Waals surface area contributed by atoms with E-state index in [0.717, 1.165) is 12.0 Å². The van der Waals surface area contributed by atoms with Crippen molar-refractivity contribution in [3.05, 3.63) is 65.7 Å². The van der Waals surface area contributed by atoms with Crippen molar-refractivity contribution in [1.29, 1.82) is 0 Å². The predicted molar refractivity (Wildman–Crippen MR) is 102 cm³/mol. The summed E-state index contributed by atoms with van der Waals surface area (Å²) in [6.45, 7) is 3.60. The standard InChI is InChI=1S/C21H23NO4/c1-4-16-8-11-18(12-9-16)22-21(24)15(2)26-20(23)13-10-17-6-5-7-19(14-17)25-3/h5-15H,4H2,1-3H3,(H,22,24)/b13-10+/t15-/m0/s1. The highest BCUT2D eigenvalue weighted by Gasteiger charge is 2.16.